The highest BCUT2D eigenvalue weighted by Crippen LogP contribution is 2.25. The molecule has 0 aliphatic rings. The molecule has 0 amide bonds. The molecule has 1 N–H and O–H groups in total. The molecule has 29 heavy (non-hydrogen) atoms. The fourth-order valence-corrected chi connectivity index (χ4v) is 3.72. The van der Waals surface area contributed by atoms with E-state index in [9.17, 15) is 4.79 Å². The quantitative estimate of drug-likeness (QED) is 0.443. The van der Waals surface area contributed by atoms with Crippen molar-refractivity contribution in [2.45, 2.75) is 20.0 Å². The molecule has 7 nitrogen and oxygen atoms in total. The SMILES string of the molecule is CCOC(=O)c1cnn(-c2nc(-c3ccccc3)cs2)c1CNCc1ccco1. The Kier molecular flexibility index (Phi) is 5.83. The third kappa shape index (κ3) is 4.28. The number of benzene rings is 1. The number of hydrogen-bond donors (Lipinski definition) is 1. The Morgan fingerprint density at radius 1 is 1.21 bits per heavy atom. The van der Waals surface area contributed by atoms with E-state index < -0.39 is 5.97 Å². The smallest absolute Gasteiger partial charge is 0.341 e. The molecule has 0 radical (unpaired) electrons. The molecule has 0 saturated carbocycles. The van der Waals surface area contributed by atoms with Crippen LogP contribution in [0.1, 0.15) is 28.7 Å². The molecular weight excluding hydrogens is 388 g/mol. The largest absolute Gasteiger partial charge is 0.468 e. The molecule has 148 valence electrons. The van der Waals surface area contributed by atoms with Gasteiger partial charge in [0.15, 0.2) is 0 Å². The molecule has 0 spiro atoms. The summed E-state index contributed by atoms with van der Waals surface area (Å²) in [5.41, 5.74) is 3.03. The molecule has 0 atom stereocenters. The van der Waals surface area contributed by atoms with Gasteiger partial charge in [-0.15, -0.1) is 11.3 Å². The van der Waals surface area contributed by atoms with E-state index in [1.54, 1.807) is 17.9 Å². The predicted molar refractivity (Wildman–Crippen MR) is 110 cm³/mol. The monoisotopic (exact) mass is 408 g/mol. The van der Waals surface area contributed by atoms with Crippen molar-refractivity contribution >= 4 is 17.3 Å². The number of nitrogens with zero attached hydrogens (tertiary/aromatic N) is 3. The van der Waals surface area contributed by atoms with Gasteiger partial charge in [0, 0.05) is 17.5 Å². The minimum Gasteiger partial charge on any atom is -0.468 e. The summed E-state index contributed by atoms with van der Waals surface area (Å²) in [7, 11) is 0. The summed E-state index contributed by atoms with van der Waals surface area (Å²) in [5, 5.41) is 10.4. The number of carbonyl (C=O) groups excluding carboxylic acids is 1. The molecule has 0 fully saturated rings. The van der Waals surface area contributed by atoms with Gasteiger partial charge in [-0.2, -0.15) is 5.10 Å². The maximum Gasteiger partial charge on any atom is 0.341 e. The third-order valence-corrected chi connectivity index (χ3v) is 5.09. The number of esters is 1. The number of aromatic nitrogens is 3. The first-order chi connectivity index (χ1) is 14.3. The number of thiazole rings is 1. The first kappa shape index (κ1) is 19.1. The highest BCUT2D eigenvalue weighted by atomic mass is 32.1. The Morgan fingerprint density at radius 2 is 2.07 bits per heavy atom. The van der Waals surface area contributed by atoms with Crippen molar-refractivity contribution in [3.63, 3.8) is 0 Å². The van der Waals surface area contributed by atoms with Gasteiger partial charge in [-0.3, -0.25) is 0 Å². The van der Waals surface area contributed by atoms with E-state index in [0.29, 0.717) is 36.1 Å². The molecule has 1 aromatic carbocycles. The third-order valence-electron chi connectivity index (χ3n) is 4.28. The maximum absolute atomic E-state index is 12.4. The van der Waals surface area contributed by atoms with E-state index in [4.69, 9.17) is 14.1 Å². The molecule has 4 rings (SSSR count). The van der Waals surface area contributed by atoms with Gasteiger partial charge >= 0.3 is 5.97 Å². The number of carbonyl (C=O) groups is 1. The van der Waals surface area contributed by atoms with E-state index in [-0.39, 0.29) is 0 Å². The van der Waals surface area contributed by atoms with Crippen LogP contribution in [0.2, 0.25) is 0 Å². The fraction of sp³-hybridized carbons (Fsp3) is 0.190. The van der Waals surface area contributed by atoms with Crippen LogP contribution in [0, 0.1) is 0 Å². The molecule has 0 bridgehead atoms. The highest BCUT2D eigenvalue weighted by molar-refractivity contribution is 7.12. The van der Waals surface area contributed by atoms with Gasteiger partial charge < -0.3 is 14.5 Å². The Morgan fingerprint density at radius 3 is 2.83 bits per heavy atom. The average molecular weight is 408 g/mol. The lowest BCUT2D eigenvalue weighted by Gasteiger charge is -2.08. The zero-order valence-electron chi connectivity index (χ0n) is 15.9. The van der Waals surface area contributed by atoms with Gasteiger partial charge in [0.25, 0.3) is 0 Å². The van der Waals surface area contributed by atoms with Crippen LogP contribution in [0.15, 0.2) is 64.7 Å². The zero-order chi connectivity index (χ0) is 20.1. The van der Waals surface area contributed by atoms with Gasteiger partial charge in [-0.1, -0.05) is 30.3 Å². The van der Waals surface area contributed by atoms with Crippen molar-refractivity contribution in [1.82, 2.24) is 20.1 Å². The second kappa shape index (κ2) is 8.85. The van der Waals surface area contributed by atoms with Crippen LogP contribution in [0.5, 0.6) is 0 Å². The summed E-state index contributed by atoms with van der Waals surface area (Å²) >= 11 is 1.47. The molecule has 3 heterocycles. The molecule has 4 aromatic rings. The van der Waals surface area contributed by atoms with Crippen LogP contribution in [0.25, 0.3) is 16.4 Å². The van der Waals surface area contributed by atoms with Crippen molar-refractivity contribution < 1.29 is 13.9 Å². The fourth-order valence-electron chi connectivity index (χ4n) is 2.91. The van der Waals surface area contributed by atoms with E-state index in [2.05, 4.69) is 10.4 Å². The van der Waals surface area contributed by atoms with Crippen molar-refractivity contribution in [2.24, 2.45) is 0 Å². The van der Waals surface area contributed by atoms with Crippen LogP contribution < -0.4 is 5.32 Å². The van der Waals surface area contributed by atoms with Crippen LogP contribution in [0.4, 0.5) is 0 Å². The van der Waals surface area contributed by atoms with Crippen LogP contribution >= 0.6 is 11.3 Å². The number of rotatable bonds is 8. The average Bonchev–Trinajstić information content (AvgIpc) is 3.49. The molecule has 3 aromatic heterocycles. The second-order valence-corrected chi connectivity index (χ2v) is 7.04. The van der Waals surface area contributed by atoms with Crippen molar-refractivity contribution in [1.29, 1.82) is 0 Å². The minimum atomic E-state index is -0.395. The topological polar surface area (TPSA) is 82.2 Å². The highest BCUT2D eigenvalue weighted by Gasteiger charge is 2.21. The number of furan rings is 1. The number of ether oxygens (including phenoxy) is 1. The predicted octanol–water partition coefficient (Wildman–Crippen LogP) is 4.06. The summed E-state index contributed by atoms with van der Waals surface area (Å²) in [6.45, 7) is 3.03. The van der Waals surface area contributed by atoms with Gasteiger partial charge in [-0.25, -0.2) is 14.5 Å². The first-order valence-electron chi connectivity index (χ1n) is 9.24. The molecule has 0 aliphatic heterocycles. The summed E-state index contributed by atoms with van der Waals surface area (Å²) in [4.78, 5) is 17.1. The summed E-state index contributed by atoms with van der Waals surface area (Å²) in [6.07, 6.45) is 3.16. The van der Waals surface area contributed by atoms with E-state index in [1.165, 1.54) is 17.5 Å². The van der Waals surface area contributed by atoms with Crippen molar-refractivity contribution in [3.8, 4) is 16.4 Å². The molecule has 0 unspecified atom stereocenters. The van der Waals surface area contributed by atoms with E-state index in [1.807, 2.05) is 47.8 Å². The lowest BCUT2D eigenvalue weighted by Crippen LogP contribution is -2.18. The van der Waals surface area contributed by atoms with E-state index >= 15 is 0 Å². The molecular formula is C21H20N4O3S. The van der Waals surface area contributed by atoms with Gasteiger partial charge in [0.1, 0.15) is 11.3 Å². The second-order valence-electron chi connectivity index (χ2n) is 6.20. The van der Waals surface area contributed by atoms with Crippen molar-refractivity contribution in [2.75, 3.05) is 6.61 Å². The van der Waals surface area contributed by atoms with E-state index in [0.717, 1.165) is 17.0 Å². The molecule has 0 aliphatic carbocycles. The maximum atomic E-state index is 12.4. The Labute approximate surface area is 172 Å². The van der Waals surface area contributed by atoms with Crippen LogP contribution in [-0.4, -0.2) is 27.3 Å². The van der Waals surface area contributed by atoms with Crippen LogP contribution in [-0.2, 0) is 17.8 Å². The lowest BCUT2D eigenvalue weighted by molar-refractivity contribution is 0.0525. The molecule has 0 saturated heterocycles. The summed E-state index contributed by atoms with van der Waals surface area (Å²) in [6, 6.07) is 13.7. The Balaban J connectivity index is 1.62. The first-order valence-corrected chi connectivity index (χ1v) is 10.1. The van der Waals surface area contributed by atoms with Gasteiger partial charge in [0.05, 0.1) is 37.0 Å². The number of hydrogen-bond acceptors (Lipinski definition) is 7. The van der Waals surface area contributed by atoms with Crippen molar-refractivity contribution in [3.05, 3.63) is 77.3 Å². The van der Waals surface area contributed by atoms with Gasteiger partial charge in [-0.05, 0) is 19.1 Å². The standard InChI is InChI=1S/C21H20N4O3S/c1-2-27-20(26)17-12-23-25(19(17)13-22-11-16-9-6-10-28-16)21-24-18(14-29-21)15-7-4-3-5-8-15/h3-10,12,14,22H,2,11,13H2,1H3. The van der Waals surface area contributed by atoms with Crippen LogP contribution in [0.3, 0.4) is 0 Å². The lowest BCUT2D eigenvalue weighted by atomic mass is 10.2. The Bertz CT molecular complexity index is 1070. The minimum absolute atomic E-state index is 0.304. The summed E-state index contributed by atoms with van der Waals surface area (Å²) in [5.74, 6) is 0.419. The normalized spacial score (nSPS) is 10.9. The number of nitrogens with one attached hydrogen (secondary N) is 1. The Hall–Kier alpha value is -3.23. The zero-order valence-corrected chi connectivity index (χ0v) is 16.7. The summed E-state index contributed by atoms with van der Waals surface area (Å²) < 4.78 is 12.2. The van der Waals surface area contributed by atoms with Gasteiger partial charge in [0.2, 0.25) is 5.13 Å². The molecule has 8 heteroatoms.